The number of nitrogens with one attached hydrogen (secondary N) is 1. The lowest BCUT2D eigenvalue weighted by Crippen LogP contribution is -2.22. The molecule has 2 aromatic heterocycles. The van der Waals surface area contributed by atoms with E-state index in [1.165, 1.54) is 0 Å². The van der Waals surface area contributed by atoms with Gasteiger partial charge < -0.3 is 5.32 Å². The van der Waals surface area contributed by atoms with Crippen molar-refractivity contribution in [3.05, 3.63) is 89.0 Å². The summed E-state index contributed by atoms with van der Waals surface area (Å²) >= 11 is 0. The molecule has 0 spiro atoms. The van der Waals surface area contributed by atoms with Gasteiger partial charge in [-0.1, -0.05) is 43.3 Å². The Morgan fingerprint density at radius 2 is 1.81 bits per heavy atom. The topological polar surface area (TPSA) is 46.9 Å². The summed E-state index contributed by atoms with van der Waals surface area (Å²) in [6.07, 6.45) is 2.54. The molecule has 0 aliphatic carbocycles. The van der Waals surface area contributed by atoms with E-state index in [9.17, 15) is 4.79 Å². The van der Waals surface area contributed by atoms with E-state index < -0.39 is 0 Å². The van der Waals surface area contributed by atoms with Crippen molar-refractivity contribution in [2.45, 2.75) is 13.3 Å². The summed E-state index contributed by atoms with van der Waals surface area (Å²) in [5.41, 5.74) is 3.79. The molecule has 0 saturated heterocycles. The molecule has 4 aromatic rings. The minimum absolute atomic E-state index is 0.00831. The third kappa shape index (κ3) is 2.99. The van der Waals surface area contributed by atoms with Gasteiger partial charge in [0, 0.05) is 24.6 Å². The van der Waals surface area contributed by atoms with Crippen molar-refractivity contribution < 1.29 is 0 Å². The molecule has 2 aromatic carbocycles. The number of anilines is 1. The average molecular weight is 355 g/mol. The van der Waals surface area contributed by atoms with Gasteiger partial charge in [-0.3, -0.25) is 9.36 Å². The number of fused-ring (bicyclic) bond motifs is 1. The molecular formula is C23H21N3O. The van der Waals surface area contributed by atoms with Crippen LogP contribution in [0.4, 0.5) is 5.82 Å². The van der Waals surface area contributed by atoms with Crippen molar-refractivity contribution in [1.82, 2.24) is 9.55 Å². The smallest absolute Gasteiger partial charge is 0.263 e. The third-order valence-corrected chi connectivity index (χ3v) is 4.83. The third-order valence-electron chi connectivity index (χ3n) is 4.83. The van der Waals surface area contributed by atoms with Crippen LogP contribution < -0.4 is 10.9 Å². The van der Waals surface area contributed by atoms with Crippen molar-refractivity contribution in [2.75, 3.05) is 12.4 Å². The van der Waals surface area contributed by atoms with Crippen LogP contribution in [0.15, 0.2) is 77.7 Å². The van der Waals surface area contributed by atoms with Crippen molar-refractivity contribution >= 4 is 16.6 Å². The predicted molar refractivity (Wildman–Crippen MR) is 112 cm³/mol. The molecule has 27 heavy (non-hydrogen) atoms. The Morgan fingerprint density at radius 3 is 2.56 bits per heavy atom. The summed E-state index contributed by atoms with van der Waals surface area (Å²) in [5.74, 6) is 0.776. The first kappa shape index (κ1) is 17.0. The van der Waals surface area contributed by atoms with Gasteiger partial charge in [0.25, 0.3) is 5.56 Å². The average Bonchev–Trinajstić information content (AvgIpc) is 2.73. The van der Waals surface area contributed by atoms with E-state index in [2.05, 4.69) is 23.3 Å². The number of pyridine rings is 2. The summed E-state index contributed by atoms with van der Waals surface area (Å²) in [7, 11) is 1.84. The van der Waals surface area contributed by atoms with E-state index in [1.54, 1.807) is 6.20 Å². The van der Waals surface area contributed by atoms with Crippen LogP contribution in [-0.4, -0.2) is 16.6 Å². The standard InChI is InChI=1S/C23H21N3O/c1-3-18-14-17-8-7-11-20(16-12-13-25-21(15-16)24-2)22(17)23(27)26(18)19-9-5-4-6-10-19/h4-15H,3H2,1-2H3,(H,24,25). The highest BCUT2D eigenvalue weighted by atomic mass is 16.1. The molecule has 0 aliphatic rings. The maximum atomic E-state index is 13.6. The summed E-state index contributed by atoms with van der Waals surface area (Å²) in [6.45, 7) is 2.08. The van der Waals surface area contributed by atoms with Crippen LogP contribution in [0.1, 0.15) is 12.6 Å². The molecule has 0 unspecified atom stereocenters. The van der Waals surface area contributed by atoms with Crippen LogP contribution in [0.5, 0.6) is 0 Å². The second kappa shape index (κ2) is 7.08. The highest BCUT2D eigenvalue weighted by Crippen LogP contribution is 2.28. The van der Waals surface area contributed by atoms with Crippen LogP contribution >= 0.6 is 0 Å². The van der Waals surface area contributed by atoms with Crippen molar-refractivity contribution in [3.8, 4) is 16.8 Å². The molecule has 4 nitrogen and oxygen atoms in total. The van der Waals surface area contributed by atoms with Crippen LogP contribution in [0, 0.1) is 0 Å². The molecule has 4 rings (SSSR count). The quantitative estimate of drug-likeness (QED) is 0.579. The Bertz CT molecular complexity index is 1160. The molecule has 1 N–H and O–H groups in total. The van der Waals surface area contributed by atoms with Gasteiger partial charge in [0.1, 0.15) is 5.82 Å². The second-order valence-electron chi connectivity index (χ2n) is 6.41. The first-order valence-corrected chi connectivity index (χ1v) is 9.10. The van der Waals surface area contributed by atoms with Crippen LogP contribution in [0.2, 0.25) is 0 Å². The molecule has 4 heteroatoms. The monoisotopic (exact) mass is 355 g/mol. The fraction of sp³-hybridized carbons (Fsp3) is 0.130. The summed E-state index contributed by atoms with van der Waals surface area (Å²) in [4.78, 5) is 17.9. The molecule has 0 saturated carbocycles. The van der Waals surface area contributed by atoms with Gasteiger partial charge in [0.05, 0.1) is 5.39 Å². The molecule has 0 fully saturated rings. The summed E-state index contributed by atoms with van der Waals surface area (Å²) in [5, 5.41) is 4.75. The van der Waals surface area contributed by atoms with Gasteiger partial charge in [-0.05, 0) is 53.3 Å². The van der Waals surface area contributed by atoms with E-state index in [1.807, 2.05) is 72.3 Å². The number of rotatable bonds is 4. The molecule has 0 amide bonds. The molecule has 0 bridgehead atoms. The predicted octanol–water partition coefficient (Wildman–Crippen LogP) is 4.66. The zero-order valence-electron chi connectivity index (χ0n) is 15.4. The number of hydrogen-bond donors (Lipinski definition) is 1. The molecule has 0 aliphatic heterocycles. The number of hydrogen-bond acceptors (Lipinski definition) is 3. The summed E-state index contributed by atoms with van der Waals surface area (Å²) < 4.78 is 1.83. The van der Waals surface area contributed by atoms with Crippen LogP contribution in [0.3, 0.4) is 0 Å². The lowest BCUT2D eigenvalue weighted by atomic mass is 9.99. The Kier molecular flexibility index (Phi) is 4.47. The molecule has 134 valence electrons. The van der Waals surface area contributed by atoms with E-state index in [4.69, 9.17) is 0 Å². The largest absolute Gasteiger partial charge is 0.373 e. The fourth-order valence-electron chi connectivity index (χ4n) is 3.51. The SMILES string of the molecule is CCc1cc2cccc(-c3ccnc(NC)c3)c2c(=O)n1-c1ccccc1. The lowest BCUT2D eigenvalue weighted by Gasteiger charge is -2.15. The highest BCUT2D eigenvalue weighted by molar-refractivity contribution is 5.96. The maximum absolute atomic E-state index is 13.6. The van der Waals surface area contributed by atoms with E-state index in [0.717, 1.165) is 45.5 Å². The number of benzene rings is 2. The zero-order valence-corrected chi connectivity index (χ0v) is 15.4. The number of aryl methyl sites for hydroxylation is 1. The van der Waals surface area contributed by atoms with Crippen LogP contribution in [0.25, 0.3) is 27.6 Å². The summed E-state index contributed by atoms with van der Waals surface area (Å²) in [6, 6.07) is 21.9. The number of aromatic nitrogens is 2. The van der Waals surface area contributed by atoms with Gasteiger partial charge in [-0.15, -0.1) is 0 Å². The van der Waals surface area contributed by atoms with E-state index in [-0.39, 0.29) is 5.56 Å². The van der Waals surface area contributed by atoms with Gasteiger partial charge in [0.15, 0.2) is 0 Å². The van der Waals surface area contributed by atoms with Crippen molar-refractivity contribution in [3.63, 3.8) is 0 Å². The van der Waals surface area contributed by atoms with E-state index >= 15 is 0 Å². The number of nitrogens with zero attached hydrogens (tertiary/aromatic N) is 2. The first-order chi connectivity index (χ1) is 13.2. The minimum Gasteiger partial charge on any atom is -0.373 e. The van der Waals surface area contributed by atoms with Gasteiger partial charge in [0.2, 0.25) is 0 Å². The van der Waals surface area contributed by atoms with Crippen molar-refractivity contribution in [2.24, 2.45) is 0 Å². The Hall–Kier alpha value is -3.40. The Labute approximate surface area is 158 Å². The normalized spacial score (nSPS) is 10.9. The Morgan fingerprint density at radius 1 is 1.00 bits per heavy atom. The second-order valence-corrected chi connectivity index (χ2v) is 6.41. The van der Waals surface area contributed by atoms with Gasteiger partial charge >= 0.3 is 0 Å². The molecular weight excluding hydrogens is 334 g/mol. The van der Waals surface area contributed by atoms with Crippen molar-refractivity contribution in [1.29, 1.82) is 0 Å². The maximum Gasteiger partial charge on any atom is 0.263 e. The zero-order chi connectivity index (χ0) is 18.8. The number of para-hydroxylation sites is 1. The minimum atomic E-state index is 0.00831. The molecule has 2 heterocycles. The van der Waals surface area contributed by atoms with E-state index in [0.29, 0.717) is 0 Å². The highest BCUT2D eigenvalue weighted by Gasteiger charge is 2.14. The van der Waals surface area contributed by atoms with Crippen LogP contribution in [-0.2, 0) is 6.42 Å². The Balaban J connectivity index is 2.07. The first-order valence-electron chi connectivity index (χ1n) is 9.10. The van der Waals surface area contributed by atoms with Gasteiger partial charge in [-0.2, -0.15) is 0 Å². The molecule has 0 radical (unpaired) electrons. The lowest BCUT2D eigenvalue weighted by molar-refractivity contribution is 0.889. The molecule has 0 atom stereocenters. The van der Waals surface area contributed by atoms with Gasteiger partial charge in [-0.25, -0.2) is 4.98 Å². The fourth-order valence-corrected chi connectivity index (χ4v) is 3.51.